The predicted octanol–water partition coefficient (Wildman–Crippen LogP) is 2.40. The van der Waals surface area contributed by atoms with Crippen LogP contribution in [0.15, 0.2) is 6.20 Å². The Labute approximate surface area is 123 Å². The molecule has 2 saturated carbocycles. The maximum absolute atomic E-state index is 12.4. The highest BCUT2D eigenvalue weighted by Crippen LogP contribution is 2.48. The molecular formula is C15H22N2O2S. The van der Waals surface area contributed by atoms with Gasteiger partial charge in [0.25, 0.3) is 5.91 Å². The highest BCUT2D eigenvalue weighted by molar-refractivity contribution is 7.13. The largest absolute Gasteiger partial charge is 0.396 e. The standard InChI is InChI=1S/C15H22N2O2S/c1-8(2)15-16-6-12(20-15)14(19)17-13-10-4-3-9(5-10)11(13)7-18/h6,8-11,13,18H,3-5,7H2,1-2H3,(H,17,19). The number of thiazole rings is 1. The minimum atomic E-state index is -0.0228. The van der Waals surface area contributed by atoms with Crippen molar-refractivity contribution in [1.29, 1.82) is 0 Å². The second-order valence-corrected chi connectivity index (χ2v) is 7.46. The molecule has 20 heavy (non-hydrogen) atoms. The molecule has 1 amide bonds. The molecule has 2 bridgehead atoms. The molecule has 0 saturated heterocycles. The molecule has 1 aromatic heterocycles. The predicted molar refractivity (Wildman–Crippen MR) is 78.9 cm³/mol. The summed E-state index contributed by atoms with van der Waals surface area (Å²) in [6.45, 7) is 4.35. The van der Waals surface area contributed by atoms with E-state index in [1.165, 1.54) is 24.2 Å². The van der Waals surface area contributed by atoms with Crippen molar-refractivity contribution >= 4 is 17.2 Å². The fraction of sp³-hybridized carbons (Fsp3) is 0.733. The normalized spacial score (nSPS) is 32.0. The van der Waals surface area contributed by atoms with Crippen molar-refractivity contribution < 1.29 is 9.90 Å². The van der Waals surface area contributed by atoms with Crippen LogP contribution in [-0.2, 0) is 0 Å². The number of nitrogens with one attached hydrogen (secondary N) is 1. The highest BCUT2D eigenvalue weighted by atomic mass is 32.1. The smallest absolute Gasteiger partial charge is 0.263 e. The first-order valence-corrected chi connectivity index (χ1v) is 8.29. The summed E-state index contributed by atoms with van der Waals surface area (Å²) in [6, 6.07) is 0.149. The molecule has 0 radical (unpaired) electrons. The van der Waals surface area contributed by atoms with Gasteiger partial charge in [-0.05, 0) is 31.1 Å². The summed E-state index contributed by atoms with van der Waals surface area (Å²) in [7, 11) is 0. The van der Waals surface area contributed by atoms with Crippen molar-refractivity contribution in [3.8, 4) is 0 Å². The summed E-state index contributed by atoms with van der Waals surface area (Å²) in [4.78, 5) is 17.3. The van der Waals surface area contributed by atoms with E-state index in [0.717, 1.165) is 11.4 Å². The van der Waals surface area contributed by atoms with Crippen LogP contribution in [0.2, 0.25) is 0 Å². The van der Waals surface area contributed by atoms with Gasteiger partial charge in [0.15, 0.2) is 0 Å². The third-order valence-corrected chi connectivity index (χ3v) is 6.13. The lowest BCUT2D eigenvalue weighted by Crippen LogP contribution is -2.45. The van der Waals surface area contributed by atoms with Crippen molar-refractivity contribution in [2.24, 2.45) is 17.8 Å². The molecule has 5 heteroatoms. The van der Waals surface area contributed by atoms with Gasteiger partial charge in [-0.1, -0.05) is 13.8 Å². The molecular weight excluding hydrogens is 272 g/mol. The molecule has 0 aromatic carbocycles. The fourth-order valence-electron chi connectivity index (χ4n) is 3.78. The number of nitrogens with zero attached hydrogens (tertiary/aromatic N) is 1. The third-order valence-electron chi connectivity index (χ3n) is 4.84. The number of amides is 1. The topological polar surface area (TPSA) is 62.2 Å². The third kappa shape index (κ3) is 2.37. The van der Waals surface area contributed by atoms with E-state index in [9.17, 15) is 9.90 Å². The molecule has 2 N–H and O–H groups in total. The van der Waals surface area contributed by atoms with Crippen LogP contribution in [0.25, 0.3) is 0 Å². The minimum Gasteiger partial charge on any atom is -0.396 e. The van der Waals surface area contributed by atoms with E-state index in [2.05, 4.69) is 24.1 Å². The lowest BCUT2D eigenvalue weighted by molar-refractivity contribution is 0.0865. The number of aliphatic hydroxyl groups excluding tert-OH is 1. The van der Waals surface area contributed by atoms with E-state index >= 15 is 0 Å². The average molecular weight is 294 g/mol. The van der Waals surface area contributed by atoms with Gasteiger partial charge in [0.1, 0.15) is 4.88 Å². The minimum absolute atomic E-state index is 0.0228. The monoisotopic (exact) mass is 294 g/mol. The van der Waals surface area contributed by atoms with Crippen LogP contribution in [-0.4, -0.2) is 28.6 Å². The quantitative estimate of drug-likeness (QED) is 0.896. The van der Waals surface area contributed by atoms with Gasteiger partial charge in [-0.2, -0.15) is 0 Å². The van der Waals surface area contributed by atoms with Crippen molar-refractivity contribution in [2.45, 2.75) is 45.1 Å². The second kappa shape index (κ2) is 5.45. The molecule has 4 nitrogen and oxygen atoms in total. The number of hydrogen-bond donors (Lipinski definition) is 2. The summed E-state index contributed by atoms with van der Waals surface area (Å²) in [5.74, 6) is 1.73. The summed E-state index contributed by atoms with van der Waals surface area (Å²) in [5, 5.41) is 13.7. The summed E-state index contributed by atoms with van der Waals surface area (Å²) < 4.78 is 0. The Morgan fingerprint density at radius 2 is 2.25 bits per heavy atom. The number of hydrogen-bond acceptors (Lipinski definition) is 4. The van der Waals surface area contributed by atoms with Crippen LogP contribution in [0.3, 0.4) is 0 Å². The maximum Gasteiger partial charge on any atom is 0.263 e. The van der Waals surface area contributed by atoms with Crippen molar-refractivity contribution in [3.63, 3.8) is 0 Å². The number of aromatic nitrogens is 1. The van der Waals surface area contributed by atoms with E-state index in [0.29, 0.717) is 22.6 Å². The Balaban J connectivity index is 1.69. The number of fused-ring (bicyclic) bond motifs is 2. The van der Waals surface area contributed by atoms with Gasteiger partial charge in [0.2, 0.25) is 0 Å². The van der Waals surface area contributed by atoms with Crippen LogP contribution in [0, 0.1) is 17.8 Å². The molecule has 3 rings (SSSR count). The van der Waals surface area contributed by atoms with Gasteiger partial charge in [-0.25, -0.2) is 4.98 Å². The molecule has 110 valence electrons. The average Bonchev–Trinajstić information content (AvgIpc) is 3.13. The number of carbonyl (C=O) groups is 1. The first-order valence-electron chi connectivity index (χ1n) is 7.47. The van der Waals surface area contributed by atoms with Gasteiger partial charge >= 0.3 is 0 Å². The van der Waals surface area contributed by atoms with Gasteiger partial charge in [-0.3, -0.25) is 4.79 Å². The first-order chi connectivity index (χ1) is 9.60. The summed E-state index contributed by atoms with van der Waals surface area (Å²) in [5.41, 5.74) is 0. The molecule has 2 aliphatic carbocycles. The Kier molecular flexibility index (Phi) is 3.82. The van der Waals surface area contributed by atoms with Crippen LogP contribution >= 0.6 is 11.3 Å². The van der Waals surface area contributed by atoms with E-state index in [1.807, 2.05) is 0 Å². The molecule has 4 unspecified atom stereocenters. The maximum atomic E-state index is 12.4. The summed E-state index contributed by atoms with van der Waals surface area (Å²) in [6.07, 6.45) is 5.24. The number of aliphatic hydroxyl groups is 1. The number of rotatable bonds is 4. The highest BCUT2D eigenvalue weighted by Gasteiger charge is 2.47. The molecule has 2 fully saturated rings. The van der Waals surface area contributed by atoms with Crippen LogP contribution < -0.4 is 5.32 Å². The Bertz CT molecular complexity index is 500. The zero-order valence-corrected chi connectivity index (χ0v) is 12.8. The Hall–Kier alpha value is -0.940. The molecule has 4 atom stereocenters. The first kappa shape index (κ1) is 14.0. The van der Waals surface area contributed by atoms with Crippen LogP contribution in [0.1, 0.15) is 53.7 Å². The van der Waals surface area contributed by atoms with E-state index in [1.54, 1.807) is 6.20 Å². The van der Waals surface area contributed by atoms with E-state index in [-0.39, 0.29) is 24.5 Å². The number of carbonyl (C=O) groups excluding carboxylic acids is 1. The summed E-state index contributed by atoms with van der Waals surface area (Å²) >= 11 is 1.48. The van der Waals surface area contributed by atoms with Crippen molar-refractivity contribution in [2.75, 3.05) is 6.61 Å². The SMILES string of the molecule is CC(C)c1ncc(C(=O)NC2C3CCC(C3)C2CO)s1. The molecule has 0 spiro atoms. The lowest BCUT2D eigenvalue weighted by atomic mass is 9.85. The molecule has 0 aliphatic heterocycles. The zero-order chi connectivity index (χ0) is 14.3. The van der Waals surface area contributed by atoms with Gasteiger partial charge in [-0.15, -0.1) is 11.3 Å². The van der Waals surface area contributed by atoms with Crippen molar-refractivity contribution in [1.82, 2.24) is 10.3 Å². The van der Waals surface area contributed by atoms with Gasteiger partial charge in [0, 0.05) is 24.5 Å². The van der Waals surface area contributed by atoms with E-state index < -0.39 is 0 Å². The zero-order valence-electron chi connectivity index (χ0n) is 12.0. The molecule has 2 aliphatic rings. The van der Waals surface area contributed by atoms with Gasteiger partial charge < -0.3 is 10.4 Å². The Morgan fingerprint density at radius 1 is 1.50 bits per heavy atom. The Morgan fingerprint density at radius 3 is 2.90 bits per heavy atom. The second-order valence-electron chi connectivity index (χ2n) is 6.40. The van der Waals surface area contributed by atoms with Crippen LogP contribution in [0.4, 0.5) is 0 Å². The molecule has 1 aromatic rings. The molecule has 1 heterocycles. The van der Waals surface area contributed by atoms with Gasteiger partial charge in [0.05, 0.1) is 11.2 Å². The fourth-order valence-corrected chi connectivity index (χ4v) is 4.60. The van der Waals surface area contributed by atoms with E-state index in [4.69, 9.17) is 0 Å². The van der Waals surface area contributed by atoms with Crippen LogP contribution in [0.5, 0.6) is 0 Å². The van der Waals surface area contributed by atoms with Crippen molar-refractivity contribution in [3.05, 3.63) is 16.1 Å². The lowest BCUT2D eigenvalue weighted by Gasteiger charge is -2.30.